The normalized spacial score (nSPS) is 17.8. The summed E-state index contributed by atoms with van der Waals surface area (Å²) in [6, 6.07) is 13.3. The van der Waals surface area contributed by atoms with Crippen molar-refractivity contribution >= 4 is 45.8 Å². The number of hydrogen-bond acceptors (Lipinski definition) is 5. The van der Waals surface area contributed by atoms with Crippen LogP contribution in [0.2, 0.25) is 0 Å². The van der Waals surface area contributed by atoms with E-state index in [9.17, 15) is 18.8 Å². The van der Waals surface area contributed by atoms with Gasteiger partial charge >= 0.3 is 0 Å². The van der Waals surface area contributed by atoms with Gasteiger partial charge < -0.3 is 14.2 Å². The van der Waals surface area contributed by atoms with Crippen molar-refractivity contribution < 1.29 is 23.5 Å². The number of benzene rings is 2. The zero-order valence-electron chi connectivity index (χ0n) is 20.6. The minimum Gasteiger partial charge on any atom is -0.492 e. The number of likely N-dealkylation sites (tertiary alicyclic amines) is 1. The number of thioether (sulfide) groups is 1. The van der Waals surface area contributed by atoms with Gasteiger partial charge in [0.25, 0.3) is 11.1 Å². The summed E-state index contributed by atoms with van der Waals surface area (Å²) in [6.07, 6.45) is 5.64. The van der Waals surface area contributed by atoms with Gasteiger partial charge in [0.05, 0.1) is 11.4 Å². The Labute approximate surface area is 218 Å². The first-order chi connectivity index (χ1) is 17.9. The van der Waals surface area contributed by atoms with Crippen molar-refractivity contribution in [2.75, 3.05) is 26.2 Å². The Balaban J connectivity index is 1.30. The summed E-state index contributed by atoms with van der Waals surface area (Å²) >= 11 is 0.888. The van der Waals surface area contributed by atoms with Gasteiger partial charge in [-0.25, -0.2) is 4.39 Å². The Kier molecular flexibility index (Phi) is 7.32. The number of imide groups is 1. The van der Waals surface area contributed by atoms with Gasteiger partial charge in [0.1, 0.15) is 24.7 Å². The Morgan fingerprint density at radius 1 is 1.11 bits per heavy atom. The number of rotatable bonds is 7. The summed E-state index contributed by atoms with van der Waals surface area (Å²) < 4.78 is 20.5. The lowest BCUT2D eigenvalue weighted by molar-refractivity contribution is -0.133. The van der Waals surface area contributed by atoms with E-state index in [1.165, 1.54) is 24.3 Å². The first-order valence-electron chi connectivity index (χ1n) is 12.4. The van der Waals surface area contributed by atoms with Crippen LogP contribution in [-0.2, 0) is 16.1 Å². The second kappa shape index (κ2) is 10.8. The molecule has 0 atom stereocenters. The fraction of sp³-hybridized carbons (Fsp3) is 0.321. The van der Waals surface area contributed by atoms with Crippen LogP contribution < -0.4 is 4.74 Å². The molecular weight excluding hydrogens is 493 g/mol. The molecule has 2 aliphatic rings. The predicted molar refractivity (Wildman–Crippen MR) is 141 cm³/mol. The van der Waals surface area contributed by atoms with Crippen LogP contribution >= 0.6 is 11.8 Å². The van der Waals surface area contributed by atoms with Crippen LogP contribution in [0.15, 0.2) is 59.6 Å². The summed E-state index contributed by atoms with van der Waals surface area (Å²) in [7, 11) is 0. The van der Waals surface area contributed by atoms with Gasteiger partial charge in [-0.15, -0.1) is 0 Å². The summed E-state index contributed by atoms with van der Waals surface area (Å²) in [5.41, 5.74) is 1.68. The molecule has 2 aliphatic heterocycles. The van der Waals surface area contributed by atoms with E-state index in [0.717, 1.165) is 59.1 Å². The fourth-order valence-electron chi connectivity index (χ4n) is 4.64. The van der Waals surface area contributed by atoms with Crippen LogP contribution in [0.1, 0.15) is 25.3 Å². The molecule has 3 amide bonds. The van der Waals surface area contributed by atoms with Crippen LogP contribution in [0, 0.1) is 11.7 Å². The highest BCUT2D eigenvalue weighted by Crippen LogP contribution is 2.34. The Bertz CT molecular complexity index is 1360. The summed E-state index contributed by atoms with van der Waals surface area (Å²) in [5, 5.41) is 0.547. The van der Waals surface area contributed by atoms with Gasteiger partial charge in [-0.3, -0.25) is 19.3 Å². The maximum atomic E-state index is 13.1. The summed E-state index contributed by atoms with van der Waals surface area (Å²) in [4.78, 5) is 41.9. The lowest BCUT2D eigenvalue weighted by atomic mass is 9.99. The van der Waals surface area contributed by atoms with Gasteiger partial charge in [-0.2, -0.15) is 0 Å². The number of piperidine rings is 1. The largest absolute Gasteiger partial charge is 0.492 e. The molecule has 0 aliphatic carbocycles. The van der Waals surface area contributed by atoms with Crippen molar-refractivity contribution in [1.82, 2.24) is 14.4 Å². The molecule has 2 saturated heterocycles. The van der Waals surface area contributed by atoms with Crippen LogP contribution in [-0.4, -0.2) is 57.7 Å². The third-order valence-electron chi connectivity index (χ3n) is 6.82. The third-order valence-corrected chi connectivity index (χ3v) is 7.73. The lowest BCUT2D eigenvalue weighted by Crippen LogP contribution is -2.39. The first-order valence-corrected chi connectivity index (χ1v) is 13.2. The standard InChI is InChI=1S/C28H28FN3O4S/c1-19-10-12-30(13-11-19)26(33)18-31-17-20(23-4-2-3-5-24(23)31)16-25-27(34)32(28(35)37-25)14-15-36-22-8-6-21(29)7-9-22/h2-9,16-17,19H,10-15,18H2,1H3/b25-16-. The van der Waals surface area contributed by atoms with Gasteiger partial charge in [0.15, 0.2) is 0 Å². The molecule has 9 heteroatoms. The van der Waals surface area contributed by atoms with E-state index in [4.69, 9.17) is 4.74 Å². The second-order valence-corrected chi connectivity index (χ2v) is 10.4. The van der Waals surface area contributed by atoms with E-state index >= 15 is 0 Å². The molecule has 0 saturated carbocycles. The average molecular weight is 522 g/mol. The molecule has 3 aromatic rings. The van der Waals surface area contributed by atoms with Crippen molar-refractivity contribution in [2.24, 2.45) is 5.92 Å². The molecule has 0 bridgehead atoms. The van der Waals surface area contributed by atoms with Crippen LogP contribution in [0.25, 0.3) is 17.0 Å². The number of amides is 3. The predicted octanol–water partition coefficient (Wildman–Crippen LogP) is 5.15. The Morgan fingerprint density at radius 2 is 1.84 bits per heavy atom. The van der Waals surface area contributed by atoms with E-state index in [1.807, 2.05) is 39.9 Å². The maximum Gasteiger partial charge on any atom is 0.293 e. The number of aromatic nitrogens is 1. The average Bonchev–Trinajstić information content (AvgIpc) is 3.37. The molecule has 3 heterocycles. The molecule has 2 aromatic carbocycles. The molecule has 192 valence electrons. The van der Waals surface area contributed by atoms with Crippen molar-refractivity contribution in [2.45, 2.75) is 26.3 Å². The summed E-state index contributed by atoms with van der Waals surface area (Å²) in [5.74, 6) is 0.447. The Hall–Kier alpha value is -3.59. The number of fused-ring (bicyclic) bond motifs is 1. The summed E-state index contributed by atoms with van der Waals surface area (Å²) in [6.45, 7) is 4.20. The molecule has 0 spiro atoms. The molecule has 2 fully saturated rings. The lowest BCUT2D eigenvalue weighted by Gasteiger charge is -2.30. The number of para-hydroxylation sites is 1. The number of halogens is 1. The fourth-order valence-corrected chi connectivity index (χ4v) is 5.50. The monoisotopic (exact) mass is 521 g/mol. The van der Waals surface area contributed by atoms with Crippen molar-refractivity contribution in [3.8, 4) is 5.75 Å². The van der Waals surface area contributed by atoms with Crippen molar-refractivity contribution in [1.29, 1.82) is 0 Å². The highest BCUT2D eigenvalue weighted by Gasteiger charge is 2.35. The van der Waals surface area contributed by atoms with Gasteiger partial charge in [-0.1, -0.05) is 25.1 Å². The molecule has 5 rings (SSSR count). The van der Waals surface area contributed by atoms with Crippen LogP contribution in [0.5, 0.6) is 5.75 Å². The number of carbonyl (C=O) groups is 3. The van der Waals surface area contributed by atoms with E-state index < -0.39 is 0 Å². The van der Waals surface area contributed by atoms with E-state index in [2.05, 4.69) is 6.92 Å². The minimum absolute atomic E-state index is 0.0840. The van der Waals surface area contributed by atoms with Crippen molar-refractivity contribution in [3.05, 3.63) is 71.0 Å². The van der Waals surface area contributed by atoms with Crippen LogP contribution in [0.4, 0.5) is 9.18 Å². The number of carbonyl (C=O) groups excluding carboxylic acids is 3. The minimum atomic E-state index is -0.381. The molecular formula is C28H28FN3O4S. The topological polar surface area (TPSA) is 71.8 Å². The van der Waals surface area contributed by atoms with Gasteiger partial charge in [-0.05, 0) is 66.9 Å². The zero-order chi connectivity index (χ0) is 25.9. The SMILES string of the molecule is CC1CCN(C(=O)Cn2cc(/C=C3\SC(=O)N(CCOc4ccc(F)cc4)C3=O)c3ccccc32)CC1. The van der Waals surface area contributed by atoms with Crippen LogP contribution in [0.3, 0.4) is 0 Å². The highest BCUT2D eigenvalue weighted by molar-refractivity contribution is 8.18. The van der Waals surface area contributed by atoms with E-state index in [1.54, 1.807) is 6.08 Å². The van der Waals surface area contributed by atoms with Crippen molar-refractivity contribution in [3.63, 3.8) is 0 Å². The number of nitrogens with zero attached hydrogens (tertiary/aromatic N) is 3. The molecule has 0 unspecified atom stereocenters. The van der Waals surface area contributed by atoms with E-state index in [-0.39, 0.29) is 42.6 Å². The smallest absolute Gasteiger partial charge is 0.293 e. The third kappa shape index (κ3) is 5.56. The first kappa shape index (κ1) is 25.1. The highest BCUT2D eigenvalue weighted by atomic mass is 32.2. The number of hydrogen-bond donors (Lipinski definition) is 0. The molecule has 0 radical (unpaired) electrons. The number of ether oxygens (including phenoxy) is 1. The quantitative estimate of drug-likeness (QED) is 0.402. The van der Waals surface area contributed by atoms with Gasteiger partial charge in [0.2, 0.25) is 5.91 Å². The molecule has 7 nitrogen and oxygen atoms in total. The van der Waals surface area contributed by atoms with Gasteiger partial charge in [0, 0.05) is 35.8 Å². The molecule has 37 heavy (non-hydrogen) atoms. The molecule has 1 aromatic heterocycles. The Morgan fingerprint density at radius 3 is 2.59 bits per heavy atom. The van der Waals surface area contributed by atoms with E-state index in [0.29, 0.717) is 16.6 Å². The molecule has 0 N–H and O–H groups in total. The second-order valence-electron chi connectivity index (χ2n) is 9.43. The zero-order valence-corrected chi connectivity index (χ0v) is 21.4. The maximum absolute atomic E-state index is 13.1.